The fraction of sp³-hybridized carbons (Fsp3) is 0.500. The lowest BCUT2D eigenvalue weighted by molar-refractivity contribution is -0.193. The fourth-order valence-corrected chi connectivity index (χ4v) is 7.60. The quantitative estimate of drug-likeness (QED) is 0.203. The molecule has 2 aromatic carbocycles. The third kappa shape index (κ3) is 7.95. The fourth-order valence-electron chi connectivity index (χ4n) is 6.60. The van der Waals surface area contributed by atoms with E-state index in [1.165, 1.54) is 24.3 Å². The van der Waals surface area contributed by atoms with Crippen LogP contribution in [-0.4, -0.2) is 74.6 Å². The van der Waals surface area contributed by atoms with Gasteiger partial charge in [0.15, 0.2) is 0 Å². The predicted molar refractivity (Wildman–Crippen MR) is 174 cm³/mol. The van der Waals surface area contributed by atoms with E-state index in [1.54, 1.807) is 6.07 Å². The number of carbonyl (C=O) groups is 1. The molecule has 2 fully saturated rings. The number of nitrogens with one attached hydrogen (secondary N) is 2. The number of anilines is 1. The third-order valence-corrected chi connectivity index (χ3v) is 11.1. The molecule has 1 atom stereocenters. The lowest BCUT2D eigenvalue weighted by atomic mass is 9.88. The van der Waals surface area contributed by atoms with Crippen LogP contribution in [0.25, 0.3) is 11.3 Å². The molecule has 2 N–H and O–H groups in total. The van der Waals surface area contributed by atoms with Crippen LogP contribution in [0.5, 0.6) is 5.88 Å². The lowest BCUT2D eigenvalue weighted by Gasteiger charge is -2.40. The Bertz CT molecular complexity index is 1670. The number of ether oxygens (including phenoxy) is 1. The van der Waals surface area contributed by atoms with Gasteiger partial charge >= 0.3 is 6.18 Å². The normalized spacial score (nSPS) is 20.1. The van der Waals surface area contributed by atoms with Gasteiger partial charge in [0.25, 0.3) is 10.0 Å². The average molecular weight is 674 g/mol. The molecule has 2 aliphatic carbocycles. The van der Waals surface area contributed by atoms with Crippen LogP contribution in [0.1, 0.15) is 66.4 Å². The molecule has 13 heteroatoms. The minimum absolute atomic E-state index is 0.0335. The van der Waals surface area contributed by atoms with E-state index in [2.05, 4.69) is 20.0 Å². The van der Waals surface area contributed by atoms with Crippen molar-refractivity contribution in [2.24, 2.45) is 5.41 Å². The minimum atomic E-state index is -4.31. The Morgan fingerprint density at radius 3 is 2.30 bits per heavy atom. The van der Waals surface area contributed by atoms with E-state index in [9.17, 15) is 26.4 Å². The van der Waals surface area contributed by atoms with Gasteiger partial charge in [0.1, 0.15) is 12.9 Å². The first kappa shape index (κ1) is 34.8. The highest BCUT2D eigenvalue weighted by molar-refractivity contribution is 7.92. The maximum atomic E-state index is 14.2. The Hall–Kier alpha value is -3.55. The zero-order chi connectivity index (χ0) is 34.0. The Labute approximate surface area is 274 Å². The van der Waals surface area contributed by atoms with Crippen LogP contribution >= 0.6 is 0 Å². The summed E-state index contributed by atoms with van der Waals surface area (Å²) < 4.78 is 77.8. The molecular formula is C34H42F3N5O4S. The van der Waals surface area contributed by atoms with Crippen molar-refractivity contribution < 1.29 is 31.1 Å². The van der Waals surface area contributed by atoms with Gasteiger partial charge in [-0.15, -0.1) is 0 Å². The number of rotatable bonds is 13. The summed E-state index contributed by atoms with van der Waals surface area (Å²) in [4.78, 5) is 22.0. The summed E-state index contributed by atoms with van der Waals surface area (Å²) in [7, 11) is -0.406. The molecule has 254 valence electrons. The van der Waals surface area contributed by atoms with Gasteiger partial charge in [0, 0.05) is 35.3 Å². The molecule has 0 aliphatic heterocycles. The molecule has 0 radical (unpaired) electrons. The zero-order valence-corrected chi connectivity index (χ0v) is 27.9. The van der Waals surface area contributed by atoms with Crippen molar-refractivity contribution in [1.82, 2.24) is 20.2 Å². The van der Waals surface area contributed by atoms with Gasteiger partial charge in [-0.2, -0.15) is 18.2 Å². The van der Waals surface area contributed by atoms with Gasteiger partial charge in [-0.1, -0.05) is 30.3 Å². The van der Waals surface area contributed by atoms with Crippen LogP contribution in [0.15, 0.2) is 53.4 Å². The molecule has 5 rings (SSSR count). The molecule has 47 heavy (non-hydrogen) atoms. The van der Waals surface area contributed by atoms with E-state index >= 15 is 0 Å². The second kappa shape index (κ2) is 13.9. The lowest BCUT2D eigenvalue weighted by Crippen LogP contribution is -2.48. The number of aryl methyl sites for hydroxylation is 2. The van der Waals surface area contributed by atoms with Crippen molar-refractivity contribution in [3.05, 3.63) is 65.2 Å². The molecule has 1 heterocycles. The van der Waals surface area contributed by atoms with Crippen LogP contribution in [0, 0.1) is 19.3 Å². The topological polar surface area (TPSA) is 114 Å². The Morgan fingerprint density at radius 1 is 1.04 bits per heavy atom. The Balaban J connectivity index is 1.47. The number of benzene rings is 2. The van der Waals surface area contributed by atoms with Gasteiger partial charge in [0.05, 0.1) is 16.0 Å². The van der Waals surface area contributed by atoms with Gasteiger partial charge < -0.3 is 10.1 Å². The first-order valence-electron chi connectivity index (χ1n) is 15.9. The number of hydrogen-bond acceptors (Lipinski definition) is 8. The first-order chi connectivity index (χ1) is 22.2. The van der Waals surface area contributed by atoms with E-state index in [-0.39, 0.29) is 54.2 Å². The third-order valence-electron chi connectivity index (χ3n) is 9.73. The van der Waals surface area contributed by atoms with E-state index < -0.39 is 27.7 Å². The highest BCUT2D eigenvalue weighted by Crippen LogP contribution is 2.61. The average Bonchev–Trinajstić information content (AvgIpc) is 3.84. The van der Waals surface area contributed by atoms with Crippen molar-refractivity contribution in [1.29, 1.82) is 0 Å². The summed E-state index contributed by atoms with van der Waals surface area (Å²) >= 11 is 0. The molecule has 2 saturated carbocycles. The first-order valence-corrected chi connectivity index (χ1v) is 17.4. The number of halogens is 3. The van der Waals surface area contributed by atoms with Crippen molar-refractivity contribution >= 4 is 22.3 Å². The number of alkyl halides is 3. The zero-order valence-electron chi connectivity index (χ0n) is 27.1. The summed E-state index contributed by atoms with van der Waals surface area (Å²) in [6.07, 6.45) is -0.0796. The molecule has 0 bridgehead atoms. The van der Waals surface area contributed by atoms with Crippen LogP contribution in [0.2, 0.25) is 0 Å². The van der Waals surface area contributed by atoms with Gasteiger partial charge in [-0.05, 0) is 96.1 Å². The van der Waals surface area contributed by atoms with Crippen LogP contribution in [0.4, 0.5) is 19.1 Å². The van der Waals surface area contributed by atoms with Crippen molar-refractivity contribution in [2.45, 2.75) is 88.0 Å². The molecule has 3 aromatic rings. The minimum Gasteiger partial charge on any atom is -0.476 e. The largest absolute Gasteiger partial charge is 0.476 e. The van der Waals surface area contributed by atoms with E-state index in [1.807, 2.05) is 51.0 Å². The predicted octanol–water partition coefficient (Wildman–Crippen LogP) is 6.32. The van der Waals surface area contributed by atoms with E-state index in [0.29, 0.717) is 18.0 Å². The van der Waals surface area contributed by atoms with Crippen LogP contribution in [-0.2, 0) is 10.0 Å². The highest BCUT2D eigenvalue weighted by Gasteiger charge is 2.63. The number of hydrogen-bond donors (Lipinski definition) is 2. The van der Waals surface area contributed by atoms with Crippen molar-refractivity contribution in [2.75, 3.05) is 25.4 Å². The molecular weight excluding hydrogens is 631 g/mol. The summed E-state index contributed by atoms with van der Waals surface area (Å²) in [5.41, 5.74) is 1.38. The SMILES string of the molecule is CN[C@H]1CC[C@H](N(C)[C@@H](COc2cc(-c3c(C)cccc3C)nc(NS(=O)(=O)c3cccc(C=O)c3)n2)CC2(C(F)(F)F)CC2)CC1. The number of likely N-dealkylation sites (N-methyl/N-ethyl adjacent to an activating group) is 1. The van der Waals surface area contributed by atoms with Gasteiger partial charge in [0.2, 0.25) is 11.8 Å². The van der Waals surface area contributed by atoms with E-state index in [4.69, 9.17) is 4.74 Å². The van der Waals surface area contributed by atoms with Gasteiger partial charge in [-0.3, -0.25) is 9.69 Å². The maximum absolute atomic E-state index is 14.2. The molecule has 9 nitrogen and oxygen atoms in total. The van der Waals surface area contributed by atoms with Gasteiger partial charge in [-0.25, -0.2) is 18.1 Å². The molecule has 1 aromatic heterocycles. The maximum Gasteiger partial charge on any atom is 0.394 e. The van der Waals surface area contributed by atoms with Crippen molar-refractivity contribution in [3.63, 3.8) is 0 Å². The summed E-state index contributed by atoms with van der Waals surface area (Å²) in [5, 5.41) is 3.30. The second-order valence-corrected chi connectivity index (χ2v) is 14.6. The highest BCUT2D eigenvalue weighted by atomic mass is 32.2. The second-order valence-electron chi connectivity index (χ2n) is 12.9. The molecule has 2 aliphatic rings. The van der Waals surface area contributed by atoms with Crippen molar-refractivity contribution in [3.8, 4) is 17.1 Å². The number of aldehydes is 1. The van der Waals surface area contributed by atoms with Crippen LogP contribution < -0.4 is 14.8 Å². The Kier molecular flexibility index (Phi) is 10.3. The van der Waals surface area contributed by atoms with Crippen LogP contribution in [0.3, 0.4) is 0 Å². The Morgan fingerprint density at radius 2 is 1.70 bits per heavy atom. The summed E-state index contributed by atoms with van der Waals surface area (Å²) in [6.45, 7) is 3.73. The molecule has 0 amide bonds. The molecule has 0 unspecified atom stereocenters. The summed E-state index contributed by atoms with van der Waals surface area (Å²) in [6, 6.07) is 12.8. The summed E-state index contributed by atoms with van der Waals surface area (Å²) in [5.74, 6) is -0.230. The number of nitrogens with zero attached hydrogens (tertiary/aromatic N) is 3. The monoisotopic (exact) mass is 673 g/mol. The number of sulfonamides is 1. The standard InChI is InChI=1S/C34H42F3N5O4S/c1-22-7-5-8-23(2)31(22)29-18-30(40-32(39-29)41-47(44,45)28-10-6-9-24(17-28)20-43)46-21-27(19-33(15-16-33)34(35,36)37)42(4)26-13-11-25(38-3)12-14-26/h5-10,17-18,20,25-27,38H,11-16,19,21H2,1-4H3,(H,39,40,41)/t25-,26-,27-/m1/s1. The van der Waals surface area contributed by atoms with E-state index in [0.717, 1.165) is 42.4 Å². The smallest absolute Gasteiger partial charge is 0.394 e. The number of aromatic nitrogens is 2. The number of carbonyl (C=O) groups excluding carboxylic acids is 1. The molecule has 0 saturated heterocycles. The molecule has 0 spiro atoms.